The Morgan fingerprint density at radius 3 is 2.22 bits per heavy atom. The lowest BCUT2D eigenvalue weighted by atomic mass is 10.00. The molecular formula is C13H10ClF2NO. The van der Waals surface area contributed by atoms with Crippen LogP contribution < -0.4 is 5.73 Å². The summed E-state index contributed by atoms with van der Waals surface area (Å²) in [5, 5.41) is 10.5. The third-order valence-corrected chi connectivity index (χ3v) is 2.78. The summed E-state index contributed by atoms with van der Waals surface area (Å²) in [6.07, 6.45) is -1.20. The largest absolute Gasteiger partial charge is 0.398 e. The van der Waals surface area contributed by atoms with E-state index in [0.29, 0.717) is 10.6 Å². The highest BCUT2D eigenvalue weighted by Gasteiger charge is 2.15. The number of hydrogen-bond donors (Lipinski definition) is 2. The monoisotopic (exact) mass is 269 g/mol. The van der Waals surface area contributed by atoms with Crippen molar-refractivity contribution in [3.8, 4) is 0 Å². The van der Waals surface area contributed by atoms with Crippen LogP contribution in [0.15, 0.2) is 36.4 Å². The molecule has 0 aliphatic rings. The Labute approximate surface area is 108 Å². The Bertz CT molecular complexity index is 569. The maximum Gasteiger partial charge on any atom is 0.126 e. The zero-order chi connectivity index (χ0) is 13.3. The molecular weight excluding hydrogens is 260 g/mol. The van der Waals surface area contributed by atoms with Gasteiger partial charge in [0, 0.05) is 22.3 Å². The number of benzene rings is 2. The summed E-state index contributed by atoms with van der Waals surface area (Å²) in [4.78, 5) is 0. The summed E-state index contributed by atoms with van der Waals surface area (Å²) in [7, 11) is 0. The van der Waals surface area contributed by atoms with Crippen LogP contribution in [0, 0.1) is 11.6 Å². The van der Waals surface area contributed by atoms with E-state index in [9.17, 15) is 13.9 Å². The summed E-state index contributed by atoms with van der Waals surface area (Å²) in [6, 6.07) is 7.39. The van der Waals surface area contributed by atoms with Crippen LogP contribution in [0.5, 0.6) is 0 Å². The van der Waals surface area contributed by atoms with Crippen LogP contribution >= 0.6 is 11.6 Å². The minimum atomic E-state index is -1.20. The Balaban J connectivity index is 2.44. The molecule has 0 saturated heterocycles. The van der Waals surface area contributed by atoms with Gasteiger partial charge < -0.3 is 10.8 Å². The number of halogens is 3. The lowest BCUT2D eigenvalue weighted by molar-refractivity contribution is 0.220. The normalized spacial score (nSPS) is 12.4. The number of anilines is 1. The molecule has 0 amide bonds. The van der Waals surface area contributed by atoms with Crippen molar-refractivity contribution in [2.24, 2.45) is 0 Å². The smallest absolute Gasteiger partial charge is 0.126 e. The number of nitrogen functional groups attached to an aromatic ring is 1. The quantitative estimate of drug-likeness (QED) is 0.822. The maximum atomic E-state index is 13.1. The van der Waals surface area contributed by atoms with Crippen molar-refractivity contribution < 1.29 is 13.9 Å². The van der Waals surface area contributed by atoms with Gasteiger partial charge in [-0.3, -0.25) is 0 Å². The Morgan fingerprint density at radius 1 is 1.06 bits per heavy atom. The standard InChI is InChI=1S/C13H10ClF2NO/c14-8-1-2-11(12(17)5-8)13(18)7-3-9(15)6-10(16)4-7/h1-6,13,18H,17H2. The van der Waals surface area contributed by atoms with E-state index < -0.39 is 17.7 Å². The molecule has 18 heavy (non-hydrogen) atoms. The molecule has 3 N–H and O–H groups in total. The first-order valence-electron chi connectivity index (χ1n) is 5.16. The zero-order valence-electron chi connectivity index (χ0n) is 9.20. The SMILES string of the molecule is Nc1cc(Cl)ccc1C(O)c1cc(F)cc(F)c1. The Morgan fingerprint density at radius 2 is 1.67 bits per heavy atom. The van der Waals surface area contributed by atoms with E-state index in [1.807, 2.05) is 0 Å². The van der Waals surface area contributed by atoms with Crippen molar-refractivity contribution in [1.82, 2.24) is 0 Å². The molecule has 0 radical (unpaired) electrons. The molecule has 0 spiro atoms. The molecule has 1 atom stereocenters. The van der Waals surface area contributed by atoms with Crippen LogP contribution in [0.3, 0.4) is 0 Å². The van der Waals surface area contributed by atoms with Crippen molar-refractivity contribution in [2.45, 2.75) is 6.10 Å². The molecule has 0 bridgehead atoms. The van der Waals surface area contributed by atoms with Gasteiger partial charge in [0.05, 0.1) is 0 Å². The third kappa shape index (κ3) is 2.60. The minimum absolute atomic E-state index is 0.0986. The van der Waals surface area contributed by atoms with Crippen LogP contribution in [-0.4, -0.2) is 5.11 Å². The van der Waals surface area contributed by atoms with E-state index >= 15 is 0 Å². The van der Waals surface area contributed by atoms with Crippen LogP contribution in [0.1, 0.15) is 17.2 Å². The first kappa shape index (κ1) is 12.8. The van der Waals surface area contributed by atoms with Gasteiger partial charge in [0.25, 0.3) is 0 Å². The maximum absolute atomic E-state index is 13.1. The summed E-state index contributed by atoms with van der Waals surface area (Å²) in [5.41, 5.74) is 6.42. The third-order valence-electron chi connectivity index (χ3n) is 2.54. The van der Waals surface area contributed by atoms with Crippen molar-refractivity contribution in [2.75, 3.05) is 5.73 Å². The topological polar surface area (TPSA) is 46.2 Å². The number of aliphatic hydroxyl groups excluding tert-OH is 1. The summed E-state index contributed by atoms with van der Waals surface area (Å²) in [6.45, 7) is 0. The molecule has 2 aromatic rings. The molecule has 2 rings (SSSR count). The van der Waals surface area contributed by atoms with Gasteiger partial charge in [-0.1, -0.05) is 17.7 Å². The number of aliphatic hydroxyl groups is 1. The van der Waals surface area contributed by atoms with E-state index in [0.717, 1.165) is 18.2 Å². The molecule has 0 aliphatic carbocycles. The lowest BCUT2D eigenvalue weighted by Crippen LogP contribution is -2.04. The predicted molar refractivity (Wildman–Crippen MR) is 66.3 cm³/mol. The van der Waals surface area contributed by atoms with E-state index in [-0.39, 0.29) is 11.3 Å². The van der Waals surface area contributed by atoms with Crippen LogP contribution in [-0.2, 0) is 0 Å². The Hall–Kier alpha value is -1.65. The van der Waals surface area contributed by atoms with E-state index in [2.05, 4.69) is 0 Å². The van der Waals surface area contributed by atoms with Crippen LogP contribution in [0.2, 0.25) is 5.02 Å². The number of hydrogen-bond acceptors (Lipinski definition) is 2. The van der Waals surface area contributed by atoms with Gasteiger partial charge in [0.2, 0.25) is 0 Å². The summed E-state index contributed by atoms with van der Waals surface area (Å²) >= 11 is 5.74. The fourth-order valence-electron chi connectivity index (χ4n) is 1.71. The summed E-state index contributed by atoms with van der Waals surface area (Å²) < 4.78 is 26.1. The molecule has 0 saturated carbocycles. The Kier molecular flexibility index (Phi) is 3.50. The molecule has 5 heteroatoms. The van der Waals surface area contributed by atoms with Gasteiger partial charge >= 0.3 is 0 Å². The molecule has 94 valence electrons. The number of nitrogens with two attached hydrogens (primary N) is 1. The second-order valence-electron chi connectivity index (χ2n) is 3.88. The molecule has 0 heterocycles. The molecule has 2 aromatic carbocycles. The first-order chi connectivity index (χ1) is 8.47. The van der Waals surface area contributed by atoms with Crippen LogP contribution in [0.25, 0.3) is 0 Å². The van der Waals surface area contributed by atoms with Gasteiger partial charge in [-0.2, -0.15) is 0 Å². The van der Waals surface area contributed by atoms with Gasteiger partial charge in [-0.15, -0.1) is 0 Å². The van der Waals surface area contributed by atoms with Crippen LogP contribution in [0.4, 0.5) is 14.5 Å². The van der Waals surface area contributed by atoms with Crippen molar-refractivity contribution >= 4 is 17.3 Å². The van der Waals surface area contributed by atoms with E-state index in [1.165, 1.54) is 12.1 Å². The molecule has 0 aliphatic heterocycles. The van der Waals surface area contributed by atoms with Gasteiger partial charge in [-0.25, -0.2) is 8.78 Å². The van der Waals surface area contributed by atoms with Gasteiger partial charge in [0.15, 0.2) is 0 Å². The van der Waals surface area contributed by atoms with Crippen molar-refractivity contribution in [1.29, 1.82) is 0 Å². The van der Waals surface area contributed by atoms with Crippen molar-refractivity contribution in [3.63, 3.8) is 0 Å². The second-order valence-corrected chi connectivity index (χ2v) is 4.31. The fourth-order valence-corrected chi connectivity index (χ4v) is 1.89. The van der Waals surface area contributed by atoms with Gasteiger partial charge in [-0.05, 0) is 29.8 Å². The molecule has 1 unspecified atom stereocenters. The molecule has 2 nitrogen and oxygen atoms in total. The zero-order valence-corrected chi connectivity index (χ0v) is 9.96. The van der Waals surface area contributed by atoms with Gasteiger partial charge in [0.1, 0.15) is 17.7 Å². The van der Waals surface area contributed by atoms with Crippen molar-refractivity contribution in [3.05, 3.63) is 64.2 Å². The minimum Gasteiger partial charge on any atom is -0.398 e. The van der Waals surface area contributed by atoms with E-state index in [4.69, 9.17) is 17.3 Å². The highest BCUT2D eigenvalue weighted by atomic mass is 35.5. The molecule has 0 fully saturated rings. The average molecular weight is 270 g/mol. The fraction of sp³-hybridized carbons (Fsp3) is 0.0769. The number of rotatable bonds is 2. The highest BCUT2D eigenvalue weighted by molar-refractivity contribution is 6.30. The molecule has 0 aromatic heterocycles. The predicted octanol–water partition coefficient (Wildman–Crippen LogP) is 3.28. The first-order valence-corrected chi connectivity index (χ1v) is 5.54. The average Bonchev–Trinajstić information content (AvgIpc) is 2.26. The highest BCUT2D eigenvalue weighted by Crippen LogP contribution is 2.29. The lowest BCUT2D eigenvalue weighted by Gasteiger charge is -2.14. The van der Waals surface area contributed by atoms with E-state index in [1.54, 1.807) is 6.07 Å². The summed E-state index contributed by atoms with van der Waals surface area (Å²) in [5.74, 6) is -1.51. The second kappa shape index (κ2) is 4.92.